The van der Waals surface area contributed by atoms with Crippen LogP contribution in [0.5, 0.6) is 0 Å². The summed E-state index contributed by atoms with van der Waals surface area (Å²) in [4.78, 5) is 29.7. The van der Waals surface area contributed by atoms with Crippen LogP contribution in [0.1, 0.15) is 24.1 Å². The number of hydrogen-bond acceptors (Lipinski definition) is 5. The van der Waals surface area contributed by atoms with Crippen molar-refractivity contribution >= 4 is 26.8 Å². The molecule has 4 rings (SSSR count). The molecular formula is C21H23FN4O4S. The minimum atomic E-state index is -3.08. The van der Waals surface area contributed by atoms with Crippen LogP contribution in [0.25, 0.3) is 16.7 Å². The first kappa shape index (κ1) is 21.2. The van der Waals surface area contributed by atoms with E-state index < -0.39 is 9.84 Å². The van der Waals surface area contributed by atoms with Gasteiger partial charge < -0.3 is 5.32 Å². The predicted octanol–water partition coefficient (Wildman–Crippen LogP) is 1.64. The Bertz CT molecular complexity index is 1340. The van der Waals surface area contributed by atoms with E-state index in [-0.39, 0.29) is 47.8 Å². The fourth-order valence-electron chi connectivity index (χ4n) is 4.01. The molecule has 1 aliphatic heterocycles. The minimum Gasteiger partial charge on any atom is -0.352 e. The fraction of sp³-hybridized carbons (Fsp3) is 0.381. The zero-order valence-corrected chi connectivity index (χ0v) is 18.1. The van der Waals surface area contributed by atoms with Crippen molar-refractivity contribution in [3.05, 3.63) is 58.0 Å². The number of nitrogens with one attached hydrogen (secondary N) is 1. The van der Waals surface area contributed by atoms with Crippen LogP contribution < -0.4 is 10.9 Å². The van der Waals surface area contributed by atoms with Crippen molar-refractivity contribution in [2.45, 2.75) is 39.3 Å². The lowest BCUT2D eigenvalue weighted by molar-refractivity contribution is -0.121. The molecule has 2 aromatic heterocycles. The summed E-state index contributed by atoms with van der Waals surface area (Å²) in [5.41, 5.74) is 2.25. The van der Waals surface area contributed by atoms with Crippen LogP contribution in [0.15, 0.2) is 35.4 Å². The van der Waals surface area contributed by atoms with Gasteiger partial charge in [-0.25, -0.2) is 17.8 Å². The molecule has 1 atom stereocenters. The van der Waals surface area contributed by atoms with Gasteiger partial charge in [-0.3, -0.25) is 18.7 Å². The number of nitrogens with zero attached hydrogens (tertiary/aromatic N) is 3. The van der Waals surface area contributed by atoms with Gasteiger partial charge in [-0.1, -0.05) is 6.07 Å². The number of aromatic nitrogens is 3. The third-order valence-electron chi connectivity index (χ3n) is 5.73. The number of amides is 1. The first-order valence-corrected chi connectivity index (χ1v) is 11.8. The summed E-state index contributed by atoms with van der Waals surface area (Å²) in [6.45, 7) is 3.78. The summed E-state index contributed by atoms with van der Waals surface area (Å²) in [7, 11) is -3.08. The number of carbonyl (C=O) groups is 1. The largest absolute Gasteiger partial charge is 0.352 e. The zero-order valence-electron chi connectivity index (χ0n) is 17.3. The van der Waals surface area contributed by atoms with Gasteiger partial charge in [0.05, 0.1) is 28.9 Å². The molecule has 0 bridgehead atoms. The van der Waals surface area contributed by atoms with Gasteiger partial charge in [0.1, 0.15) is 5.82 Å². The highest BCUT2D eigenvalue weighted by Gasteiger charge is 2.28. The third-order valence-corrected chi connectivity index (χ3v) is 7.49. The predicted molar refractivity (Wildman–Crippen MR) is 115 cm³/mol. The van der Waals surface area contributed by atoms with E-state index in [4.69, 9.17) is 0 Å². The Morgan fingerprint density at radius 2 is 2.10 bits per heavy atom. The highest BCUT2D eigenvalue weighted by molar-refractivity contribution is 7.91. The molecule has 8 nitrogen and oxygen atoms in total. The summed E-state index contributed by atoms with van der Waals surface area (Å²) < 4.78 is 39.9. The van der Waals surface area contributed by atoms with E-state index in [1.54, 1.807) is 16.7 Å². The number of aryl methyl sites for hydroxylation is 2. The fourth-order valence-corrected chi connectivity index (χ4v) is 5.68. The number of halogens is 1. The van der Waals surface area contributed by atoms with Crippen molar-refractivity contribution in [1.29, 1.82) is 0 Å². The van der Waals surface area contributed by atoms with Crippen LogP contribution in [0.2, 0.25) is 0 Å². The molecule has 1 amide bonds. The van der Waals surface area contributed by atoms with Crippen LogP contribution in [0.4, 0.5) is 4.39 Å². The second-order valence-electron chi connectivity index (χ2n) is 7.88. The zero-order chi connectivity index (χ0) is 22.3. The van der Waals surface area contributed by atoms with E-state index in [0.29, 0.717) is 23.1 Å². The van der Waals surface area contributed by atoms with Gasteiger partial charge in [0.2, 0.25) is 5.91 Å². The lowest BCUT2D eigenvalue weighted by atomic mass is 10.2. The lowest BCUT2D eigenvalue weighted by Crippen LogP contribution is -2.36. The van der Waals surface area contributed by atoms with Gasteiger partial charge in [-0.2, -0.15) is 0 Å². The summed E-state index contributed by atoms with van der Waals surface area (Å²) in [6, 6.07) is 5.70. The van der Waals surface area contributed by atoms with Crippen LogP contribution >= 0.6 is 0 Å². The standard InChI is InChI=1S/C21H23FN4O4S/c1-13-14(2)26(17-5-3-4-15(22)10-17)20-19(13)21(28)25(12-23-20)8-6-18(27)24-16-7-9-31(29,30)11-16/h3-5,10,12,16H,6-9,11H2,1-2H3,(H,24,27)/t16-/m0/s1. The molecule has 31 heavy (non-hydrogen) atoms. The molecule has 164 valence electrons. The Hall–Kier alpha value is -3.01. The molecule has 1 aliphatic rings. The van der Waals surface area contributed by atoms with Gasteiger partial charge in [-0.05, 0) is 44.0 Å². The quantitative estimate of drug-likeness (QED) is 0.642. The lowest BCUT2D eigenvalue weighted by Gasteiger charge is -2.11. The molecule has 3 aromatic rings. The molecule has 10 heteroatoms. The minimum absolute atomic E-state index is 0.0340. The topological polar surface area (TPSA) is 103 Å². The van der Waals surface area contributed by atoms with Crippen molar-refractivity contribution in [3.63, 3.8) is 0 Å². The normalized spacial score (nSPS) is 17.8. The van der Waals surface area contributed by atoms with Crippen LogP contribution in [0, 0.1) is 19.7 Å². The maximum Gasteiger partial charge on any atom is 0.263 e. The molecule has 0 saturated carbocycles. The molecule has 0 radical (unpaired) electrons. The van der Waals surface area contributed by atoms with E-state index in [1.165, 1.54) is 23.0 Å². The average Bonchev–Trinajstić information content (AvgIpc) is 3.17. The molecule has 0 aliphatic carbocycles. The average molecular weight is 447 g/mol. The molecular weight excluding hydrogens is 423 g/mol. The summed E-state index contributed by atoms with van der Waals surface area (Å²) in [6.07, 6.45) is 1.83. The summed E-state index contributed by atoms with van der Waals surface area (Å²) in [5.74, 6) is -0.651. The van der Waals surface area contributed by atoms with Gasteiger partial charge >= 0.3 is 0 Å². The van der Waals surface area contributed by atoms with Crippen molar-refractivity contribution in [3.8, 4) is 5.69 Å². The first-order valence-electron chi connectivity index (χ1n) is 9.99. The number of hydrogen-bond donors (Lipinski definition) is 1. The van der Waals surface area contributed by atoms with Crippen LogP contribution in [-0.2, 0) is 21.2 Å². The molecule has 1 saturated heterocycles. The highest BCUT2D eigenvalue weighted by atomic mass is 32.2. The summed E-state index contributed by atoms with van der Waals surface area (Å²) >= 11 is 0. The smallest absolute Gasteiger partial charge is 0.263 e. The van der Waals surface area contributed by atoms with Crippen LogP contribution in [0.3, 0.4) is 0 Å². The Kier molecular flexibility index (Phi) is 5.42. The molecule has 1 fully saturated rings. The monoisotopic (exact) mass is 446 g/mol. The maximum absolute atomic E-state index is 13.7. The molecule has 3 heterocycles. The highest BCUT2D eigenvalue weighted by Crippen LogP contribution is 2.25. The molecule has 1 N–H and O–H groups in total. The Balaban J connectivity index is 1.58. The van der Waals surface area contributed by atoms with Crippen molar-refractivity contribution in [2.75, 3.05) is 11.5 Å². The van der Waals surface area contributed by atoms with E-state index in [1.807, 2.05) is 13.8 Å². The second-order valence-corrected chi connectivity index (χ2v) is 10.1. The van der Waals surface area contributed by atoms with Gasteiger partial charge in [0, 0.05) is 24.7 Å². The Morgan fingerprint density at radius 3 is 2.77 bits per heavy atom. The molecule has 1 aromatic carbocycles. The van der Waals surface area contributed by atoms with E-state index >= 15 is 0 Å². The second kappa shape index (κ2) is 7.92. The SMILES string of the molecule is Cc1c(C)n(-c2cccc(F)c2)c2ncn(CCC(=O)N[C@H]3CCS(=O)(=O)C3)c(=O)c12. The Labute approximate surface area is 178 Å². The van der Waals surface area contributed by atoms with E-state index in [0.717, 1.165) is 11.3 Å². The van der Waals surface area contributed by atoms with Crippen LogP contribution in [-0.4, -0.2) is 46.0 Å². The van der Waals surface area contributed by atoms with Crippen molar-refractivity contribution in [2.24, 2.45) is 0 Å². The van der Waals surface area contributed by atoms with E-state index in [2.05, 4.69) is 10.3 Å². The number of benzene rings is 1. The number of rotatable bonds is 5. The van der Waals surface area contributed by atoms with Gasteiger partial charge in [0.25, 0.3) is 5.56 Å². The number of carbonyl (C=O) groups excluding carboxylic acids is 1. The third kappa shape index (κ3) is 4.12. The first-order chi connectivity index (χ1) is 14.7. The van der Waals surface area contributed by atoms with Gasteiger partial charge in [-0.15, -0.1) is 0 Å². The molecule has 0 spiro atoms. The van der Waals surface area contributed by atoms with Crippen molar-refractivity contribution < 1.29 is 17.6 Å². The molecule has 0 unspecified atom stereocenters. The summed E-state index contributed by atoms with van der Waals surface area (Å²) in [5, 5.41) is 3.14. The van der Waals surface area contributed by atoms with Gasteiger partial charge in [0.15, 0.2) is 15.5 Å². The maximum atomic E-state index is 13.7. The number of fused-ring (bicyclic) bond motifs is 1. The number of sulfone groups is 1. The van der Waals surface area contributed by atoms with Crippen molar-refractivity contribution in [1.82, 2.24) is 19.4 Å². The Morgan fingerprint density at radius 1 is 1.32 bits per heavy atom. The van der Waals surface area contributed by atoms with E-state index in [9.17, 15) is 22.4 Å².